The molecule has 1 unspecified atom stereocenters. The van der Waals surface area contributed by atoms with Crippen LogP contribution in [0.3, 0.4) is 0 Å². The average Bonchev–Trinajstić information content (AvgIpc) is 2.52. The number of hydrogen-bond acceptors (Lipinski definition) is 1. The molecule has 122 valence electrons. The molecule has 23 heavy (non-hydrogen) atoms. The molecule has 3 heteroatoms. The highest BCUT2D eigenvalue weighted by Gasteiger charge is 2.12. The van der Waals surface area contributed by atoms with Gasteiger partial charge in [0, 0.05) is 10.9 Å². The van der Waals surface area contributed by atoms with Crippen LogP contribution in [0.4, 0.5) is 0 Å². The second kappa shape index (κ2) is 7.75. The summed E-state index contributed by atoms with van der Waals surface area (Å²) in [5.74, 6) is 0.436. The number of hydrogen-bond donors (Lipinski definition) is 1. The molecule has 0 saturated carbocycles. The third-order valence-corrected chi connectivity index (χ3v) is 5.73. The molecule has 2 aromatic carbocycles. The monoisotopic (exact) mass is 328 g/mol. The molecule has 0 amide bonds. The first-order valence-electron chi connectivity index (χ1n) is 8.22. The van der Waals surface area contributed by atoms with Crippen LogP contribution in [0.1, 0.15) is 36.1 Å². The summed E-state index contributed by atoms with van der Waals surface area (Å²) in [5, 5.41) is 12.8. The number of aromatic hydroxyl groups is 1. The van der Waals surface area contributed by atoms with E-state index in [0.717, 1.165) is 24.0 Å². The number of nitrogens with zero attached hydrogens (tertiary/aromatic N) is 1. The van der Waals surface area contributed by atoms with Gasteiger partial charge in [-0.3, -0.25) is 0 Å². The maximum atomic E-state index is 10.4. The van der Waals surface area contributed by atoms with Crippen LogP contribution in [0.25, 0.3) is 0 Å². The third kappa shape index (κ3) is 4.20. The van der Waals surface area contributed by atoms with Crippen LogP contribution in [0.2, 0.25) is 0 Å². The van der Waals surface area contributed by atoms with E-state index in [1.165, 1.54) is 22.0 Å². The molecule has 0 aliphatic rings. The Morgan fingerprint density at radius 2 is 1.74 bits per heavy atom. The summed E-state index contributed by atoms with van der Waals surface area (Å²) in [6.45, 7) is 12.6. The second-order valence-electron chi connectivity index (χ2n) is 5.99. The molecular weight excluding hydrogens is 301 g/mol. The van der Waals surface area contributed by atoms with Crippen LogP contribution < -0.4 is 10.6 Å². The summed E-state index contributed by atoms with van der Waals surface area (Å²) >= 11 is 0. The Kier molecular flexibility index (Phi) is 5.96. The maximum absolute atomic E-state index is 10.4. The topological polar surface area (TPSA) is 23.2 Å². The zero-order valence-corrected chi connectivity index (χ0v) is 15.8. The summed E-state index contributed by atoms with van der Waals surface area (Å²) in [6.07, 6.45) is 2.25. The van der Waals surface area contributed by atoms with Gasteiger partial charge in [-0.15, -0.1) is 0 Å². The molecule has 2 nitrogen and oxygen atoms in total. The lowest BCUT2D eigenvalue weighted by molar-refractivity contribution is -0.515. The van der Waals surface area contributed by atoms with Gasteiger partial charge in [0.05, 0.1) is 0 Å². The molecule has 0 aliphatic carbocycles. The van der Waals surface area contributed by atoms with Crippen LogP contribution in [0.5, 0.6) is 5.75 Å². The summed E-state index contributed by atoms with van der Waals surface area (Å²) in [6, 6.07) is 10.6. The lowest BCUT2D eigenvalue weighted by atomic mass is 10.1. The van der Waals surface area contributed by atoms with Crippen molar-refractivity contribution in [1.29, 1.82) is 0 Å². The van der Waals surface area contributed by atoms with Crippen molar-refractivity contribution in [3.05, 3.63) is 52.6 Å². The Morgan fingerprint density at radius 1 is 1.04 bits per heavy atom. The largest absolute Gasteiger partial charge is 0.507 e. The molecule has 0 aromatic heterocycles. The van der Waals surface area contributed by atoms with E-state index < -0.39 is 0 Å². The fourth-order valence-corrected chi connectivity index (χ4v) is 4.22. The molecule has 0 aliphatic heterocycles. The van der Waals surface area contributed by atoms with E-state index in [4.69, 9.17) is 0 Å². The van der Waals surface area contributed by atoms with Crippen LogP contribution in [-0.2, 0) is 0 Å². The summed E-state index contributed by atoms with van der Waals surface area (Å²) in [5.41, 5.74) is 4.69. The SMILES string of the molecule is CC[N+](=Cc1cccc(C)c1Pc1cc(C)cc(C)c1O)CC. The Balaban J connectivity index is 2.50. The highest BCUT2D eigenvalue weighted by Crippen LogP contribution is 2.25. The van der Waals surface area contributed by atoms with Crippen molar-refractivity contribution in [2.75, 3.05) is 13.1 Å². The van der Waals surface area contributed by atoms with E-state index in [-0.39, 0.29) is 0 Å². The van der Waals surface area contributed by atoms with Crippen LogP contribution in [0, 0.1) is 20.8 Å². The molecular formula is C20H27NOP+. The van der Waals surface area contributed by atoms with Crippen LogP contribution >= 0.6 is 8.58 Å². The van der Waals surface area contributed by atoms with Gasteiger partial charge in [0.25, 0.3) is 0 Å². The minimum Gasteiger partial charge on any atom is -0.507 e. The zero-order valence-electron chi connectivity index (χ0n) is 14.8. The Hall–Kier alpha value is -1.66. The van der Waals surface area contributed by atoms with Gasteiger partial charge in [0.15, 0.2) is 6.21 Å². The third-order valence-electron chi connectivity index (χ3n) is 4.14. The van der Waals surface area contributed by atoms with Gasteiger partial charge in [-0.2, -0.15) is 0 Å². The molecule has 2 rings (SSSR count). The average molecular weight is 328 g/mol. The van der Waals surface area contributed by atoms with Crippen molar-refractivity contribution in [2.24, 2.45) is 0 Å². The Labute approximate surface area is 141 Å². The van der Waals surface area contributed by atoms with E-state index in [1.54, 1.807) is 0 Å². The lowest BCUT2D eigenvalue weighted by Gasteiger charge is -2.13. The van der Waals surface area contributed by atoms with Crippen LogP contribution in [-0.4, -0.2) is 29.0 Å². The van der Waals surface area contributed by atoms with Gasteiger partial charge in [0.2, 0.25) is 0 Å². The predicted octanol–water partition coefficient (Wildman–Crippen LogP) is 3.42. The van der Waals surface area contributed by atoms with Crippen LogP contribution in [0.15, 0.2) is 30.3 Å². The molecule has 1 N–H and O–H groups in total. The standard InChI is InChI=1S/C20H26NOP/c1-6-21(7-2)13-17-10-8-9-15(4)20(17)23-18-12-14(3)11-16(5)19(18)22/h8-13,23H,6-7H2,1-5H3/p+1. The van der Waals surface area contributed by atoms with Crippen molar-refractivity contribution in [3.8, 4) is 5.75 Å². The normalized spacial score (nSPS) is 11.2. The highest BCUT2D eigenvalue weighted by molar-refractivity contribution is 7.56. The fourth-order valence-electron chi connectivity index (χ4n) is 2.76. The Morgan fingerprint density at radius 3 is 2.39 bits per heavy atom. The fraction of sp³-hybridized carbons (Fsp3) is 0.350. The van der Waals surface area contributed by atoms with Gasteiger partial charge in [0.1, 0.15) is 18.8 Å². The summed E-state index contributed by atoms with van der Waals surface area (Å²) in [7, 11) is 0.460. The van der Waals surface area contributed by atoms with Gasteiger partial charge in [-0.1, -0.05) is 26.8 Å². The van der Waals surface area contributed by atoms with Gasteiger partial charge >= 0.3 is 0 Å². The zero-order chi connectivity index (χ0) is 17.0. The summed E-state index contributed by atoms with van der Waals surface area (Å²) in [4.78, 5) is 0. The minimum atomic E-state index is 0.436. The second-order valence-corrected chi connectivity index (χ2v) is 7.28. The number of benzene rings is 2. The van der Waals surface area contributed by atoms with Gasteiger partial charge < -0.3 is 5.11 Å². The van der Waals surface area contributed by atoms with E-state index >= 15 is 0 Å². The van der Waals surface area contributed by atoms with Gasteiger partial charge in [-0.25, -0.2) is 4.58 Å². The molecule has 0 spiro atoms. The predicted molar refractivity (Wildman–Crippen MR) is 103 cm³/mol. The molecule has 0 radical (unpaired) electrons. The van der Waals surface area contributed by atoms with E-state index in [1.807, 2.05) is 13.0 Å². The lowest BCUT2D eigenvalue weighted by Crippen LogP contribution is -2.19. The first kappa shape index (κ1) is 17.7. The number of phenols is 1. The Bertz CT molecular complexity index is 729. The first-order valence-corrected chi connectivity index (χ1v) is 9.22. The van der Waals surface area contributed by atoms with Crippen molar-refractivity contribution in [3.63, 3.8) is 0 Å². The minimum absolute atomic E-state index is 0.436. The number of rotatable bonds is 5. The van der Waals surface area contributed by atoms with Gasteiger partial charge in [-0.05, 0) is 68.7 Å². The van der Waals surface area contributed by atoms with Crippen molar-refractivity contribution in [1.82, 2.24) is 0 Å². The maximum Gasteiger partial charge on any atom is 0.171 e. The molecule has 0 bridgehead atoms. The first-order chi connectivity index (χ1) is 11.0. The summed E-state index contributed by atoms with van der Waals surface area (Å²) < 4.78 is 2.31. The van der Waals surface area contributed by atoms with Crippen molar-refractivity contribution in [2.45, 2.75) is 34.6 Å². The molecule has 0 saturated heterocycles. The quantitative estimate of drug-likeness (QED) is 0.507. The molecule has 0 fully saturated rings. The molecule has 0 heterocycles. The number of aryl methyl sites for hydroxylation is 3. The van der Waals surface area contributed by atoms with Crippen molar-refractivity contribution < 1.29 is 9.68 Å². The van der Waals surface area contributed by atoms with E-state index in [0.29, 0.717) is 14.3 Å². The molecule has 2 aromatic rings. The number of phenolic OH excluding ortho intramolecular Hbond substituents is 1. The smallest absolute Gasteiger partial charge is 0.171 e. The van der Waals surface area contributed by atoms with Crippen molar-refractivity contribution >= 4 is 25.4 Å². The van der Waals surface area contributed by atoms with E-state index in [2.05, 4.69) is 62.8 Å². The highest BCUT2D eigenvalue weighted by atomic mass is 31.1. The molecule has 1 atom stereocenters. The van der Waals surface area contributed by atoms with E-state index in [9.17, 15) is 5.11 Å².